The summed E-state index contributed by atoms with van der Waals surface area (Å²) in [6.07, 6.45) is 0.263. The summed E-state index contributed by atoms with van der Waals surface area (Å²) < 4.78 is 0. The molecule has 25 heavy (non-hydrogen) atoms. The van der Waals surface area contributed by atoms with Gasteiger partial charge in [0.1, 0.15) is 6.54 Å². The van der Waals surface area contributed by atoms with E-state index >= 15 is 0 Å². The highest BCUT2D eigenvalue weighted by atomic mass is 35.5. The van der Waals surface area contributed by atoms with Gasteiger partial charge in [0.25, 0.3) is 0 Å². The second-order valence-corrected chi connectivity index (χ2v) is 6.23. The topological polar surface area (TPSA) is 86.8 Å². The van der Waals surface area contributed by atoms with Gasteiger partial charge in [-0.15, -0.1) is 0 Å². The monoisotopic (exact) mass is 365 g/mol. The minimum Gasteiger partial charge on any atom is -0.332 e. The first kappa shape index (κ1) is 18.9. The standard InChI is InChI=1S/C17H20ClN3O4/c1-3-20(17(25)10-21-15(23)6-7-16(21)24)9-14(22)19-13-8-12(18)5-4-11(13)2/h4-5,8H,3,6-7,9-10H2,1-2H3,(H,19,22). The highest BCUT2D eigenvalue weighted by Gasteiger charge is 2.31. The van der Waals surface area contributed by atoms with Crippen molar-refractivity contribution in [1.82, 2.24) is 9.80 Å². The number of nitrogens with one attached hydrogen (secondary N) is 1. The summed E-state index contributed by atoms with van der Waals surface area (Å²) in [5, 5.41) is 3.21. The fourth-order valence-electron chi connectivity index (χ4n) is 2.50. The number of halogens is 1. The maximum absolute atomic E-state index is 12.3. The van der Waals surface area contributed by atoms with Gasteiger partial charge < -0.3 is 10.2 Å². The van der Waals surface area contributed by atoms with Crippen LogP contribution in [-0.2, 0) is 19.2 Å². The number of nitrogens with zero attached hydrogens (tertiary/aromatic N) is 2. The lowest BCUT2D eigenvalue weighted by molar-refractivity contribution is -0.145. The van der Waals surface area contributed by atoms with Crippen LogP contribution in [0.4, 0.5) is 5.69 Å². The molecule has 0 aliphatic carbocycles. The van der Waals surface area contributed by atoms with Crippen molar-refractivity contribution in [3.05, 3.63) is 28.8 Å². The van der Waals surface area contributed by atoms with Crippen molar-refractivity contribution in [3.63, 3.8) is 0 Å². The molecule has 0 radical (unpaired) electrons. The predicted octanol–water partition coefficient (Wildman–Crippen LogP) is 1.58. The highest BCUT2D eigenvalue weighted by molar-refractivity contribution is 6.31. The molecule has 1 saturated heterocycles. The van der Waals surface area contributed by atoms with Crippen LogP contribution in [0.1, 0.15) is 25.3 Å². The molecule has 1 heterocycles. The van der Waals surface area contributed by atoms with Gasteiger partial charge in [0.05, 0.1) is 6.54 Å². The van der Waals surface area contributed by atoms with Crippen LogP contribution in [0.15, 0.2) is 18.2 Å². The first-order chi connectivity index (χ1) is 11.8. The van der Waals surface area contributed by atoms with Gasteiger partial charge in [-0.05, 0) is 31.5 Å². The molecule has 1 aromatic carbocycles. The number of amides is 4. The van der Waals surface area contributed by atoms with Crippen molar-refractivity contribution < 1.29 is 19.2 Å². The summed E-state index contributed by atoms with van der Waals surface area (Å²) in [7, 11) is 0. The Morgan fingerprint density at radius 2 is 1.88 bits per heavy atom. The lowest BCUT2D eigenvalue weighted by Gasteiger charge is -2.23. The lowest BCUT2D eigenvalue weighted by atomic mass is 10.2. The Bertz CT molecular complexity index is 704. The number of likely N-dealkylation sites (N-methyl/N-ethyl adjacent to an activating group) is 1. The molecule has 0 saturated carbocycles. The van der Waals surface area contributed by atoms with Crippen molar-refractivity contribution >= 4 is 40.9 Å². The number of carbonyl (C=O) groups excluding carboxylic acids is 4. The normalized spacial score (nSPS) is 14.0. The molecule has 1 aromatic rings. The Morgan fingerprint density at radius 3 is 2.48 bits per heavy atom. The van der Waals surface area contributed by atoms with Gasteiger partial charge in [-0.1, -0.05) is 17.7 Å². The molecule has 0 atom stereocenters. The van der Waals surface area contributed by atoms with E-state index in [1.165, 1.54) is 4.90 Å². The number of imide groups is 1. The number of hydrogen-bond acceptors (Lipinski definition) is 4. The second kappa shape index (κ2) is 8.11. The van der Waals surface area contributed by atoms with Gasteiger partial charge in [-0.2, -0.15) is 0 Å². The summed E-state index contributed by atoms with van der Waals surface area (Å²) in [6, 6.07) is 5.14. The van der Waals surface area contributed by atoms with E-state index in [-0.39, 0.29) is 50.2 Å². The smallest absolute Gasteiger partial charge is 0.244 e. The Hall–Kier alpha value is -2.41. The van der Waals surface area contributed by atoms with Crippen molar-refractivity contribution in [1.29, 1.82) is 0 Å². The van der Waals surface area contributed by atoms with Crippen LogP contribution in [0.5, 0.6) is 0 Å². The first-order valence-corrected chi connectivity index (χ1v) is 8.36. The minimum absolute atomic E-state index is 0.132. The van der Waals surface area contributed by atoms with Gasteiger partial charge in [0.15, 0.2) is 0 Å². The van der Waals surface area contributed by atoms with E-state index in [2.05, 4.69) is 5.32 Å². The molecule has 8 heteroatoms. The number of rotatable bonds is 6. The highest BCUT2D eigenvalue weighted by Crippen LogP contribution is 2.20. The average Bonchev–Trinajstić information content (AvgIpc) is 2.87. The largest absolute Gasteiger partial charge is 0.332 e. The first-order valence-electron chi connectivity index (χ1n) is 7.98. The van der Waals surface area contributed by atoms with Crippen LogP contribution in [0.25, 0.3) is 0 Å². The Labute approximate surface area is 150 Å². The van der Waals surface area contributed by atoms with E-state index in [9.17, 15) is 19.2 Å². The molecule has 0 aromatic heterocycles. The zero-order valence-electron chi connectivity index (χ0n) is 14.2. The van der Waals surface area contributed by atoms with Crippen LogP contribution in [-0.4, -0.2) is 53.1 Å². The molecule has 7 nitrogen and oxygen atoms in total. The third kappa shape index (κ3) is 4.79. The maximum Gasteiger partial charge on any atom is 0.244 e. The number of carbonyl (C=O) groups is 4. The van der Waals surface area contributed by atoms with Crippen molar-refractivity contribution in [2.24, 2.45) is 0 Å². The fraction of sp³-hybridized carbons (Fsp3) is 0.412. The number of likely N-dealkylation sites (tertiary alicyclic amines) is 1. The molecule has 1 N–H and O–H groups in total. The van der Waals surface area contributed by atoms with E-state index in [1.807, 2.05) is 6.92 Å². The molecule has 1 aliphatic heterocycles. The fourth-order valence-corrected chi connectivity index (χ4v) is 2.67. The molecule has 1 aliphatic rings. The third-order valence-electron chi connectivity index (χ3n) is 3.99. The Kier molecular flexibility index (Phi) is 6.14. The van der Waals surface area contributed by atoms with Gasteiger partial charge >= 0.3 is 0 Å². The summed E-state index contributed by atoms with van der Waals surface area (Å²) in [5.74, 6) is -1.52. The maximum atomic E-state index is 12.3. The van der Waals surface area contributed by atoms with E-state index in [4.69, 9.17) is 11.6 Å². The van der Waals surface area contributed by atoms with Crippen LogP contribution in [0.2, 0.25) is 5.02 Å². The molecular formula is C17H20ClN3O4. The molecule has 2 rings (SSSR count). The molecule has 4 amide bonds. The zero-order valence-corrected chi connectivity index (χ0v) is 14.9. The number of anilines is 1. The van der Waals surface area contributed by atoms with Gasteiger partial charge in [0.2, 0.25) is 23.6 Å². The summed E-state index contributed by atoms with van der Waals surface area (Å²) in [4.78, 5) is 50.0. The average molecular weight is 366 g/mol. The number of hydrogen-bond donors (Lipinski definition) is 1. The summed E-state index contributed by atoms with van der Waals surface area (Å²) >= 11 is 5.92. The molecule has 0 unspecified atom stereocenters. The Balaban J connectivity index is 1.97. The number of benzene rings is 1. The quantitative estimate of drug-likeness (QED) is 0.775. The molecular weight excluding hydrogens is 346 g/mol. The predicted molar refractivity (Wildman–Crippen MR) is 93.0 cm³/mol. The molecule has 1 fully saturated rings. The van der Waals surface area contributed by atoms with Crippen LogP contribution in [0.3, 0.4) is 0 Å². The van der Waals surface area contributed by atoms with E-state index in [0.29, 0.717) is 10.7 Å². The SMILES string of the molecule is CCN(CC(=O)Nc1cc(Cl)ccc1C)C(=O)CN1C(=O)CCC1=O. The van der Waals surface area contributed by atoms with E-state index in [0.717, 1.165) is 10.5 Å². The second-order valence-electron chi connectivity index (χ2n) is 5.79. The molecule has 0 bridgehead atoms. The Morgan fingerprint density at radius 1 is 1.24 bits per heavy atom. The molecule has 0 spiro atoms. The van der Waals surface area contributed by atoms with Crippen LogP contribution >= 0.6 is 11.6 Å². The van der Waals surface area contributed by atoms with Crippen molar-refractivity contribution in [2.75, 3.05) is 25.0 Å². The van der Waals surface area contributed by atoms with Crippen molar-refractivity contribution in [2.45, 2.75) is 26.7 Å². The number of aryl methyl sites for hydroxylation is 1. The van der Waals surface area contributed by atoms with Crippen LogP contribution in [0, 0.1) is 6.92 Å². The third-order valence-corrected chi connectivity index (χ3v) is 4.23. The lowest BCUT2D eigenvalue weighted by Crippen LogP contribution is -2.45. The summed E-state index contributed by atoms with van der Waals surface area (Å²) in [6.45, 7) is 3.35. The molecule has 134 valence electrons. The minimum atomic E-state index is -0.441. The zero-order chi connectivity index (χ0) is 18.6. The van der Waals surface area contributed by atoms with Crippen molar-refractivity contribution in [3.8, 4) is 0 Å². The van der Waals surface area contributed by atoms with E-state index in [1.54, 1.807) is 25.1 Å². The summed E-state index contributed by atoms with van der Waals surface area (Å²) in [5.41, 5.74) is 1.42. The van der Waals surface area contributed by atoms with Gasteiger partial charge in [0, 0.05) is 30.1 Å². The van der Waals surface area contributed by atoms with Crippen LogP contribution < -0.4 is 5.32 Å². The van der Waals surface area contributed by atoms with E-state index < -0.39 is 5.91 Å². The van der Waals surface area contributed by atoms with Gasteiger partial charge in [-0.3, -0.25) is 24.1 Å². The van der Waals surface area contributed by atoms with Gasteiger partial charge in [-0.25, -0.2) is 0 Å².